The molecule has 0 amide bonds. The number of ketones is 1. The molecule has 3 heteroatoms. The van der Waals surface area contributed by atoms with Crippen molar-refractivity contribution in [1.82, 2.24) is 0 Å². The molecular formula is C13H17ClOS. The average Bonchev–Trinajstić information content (AvgIpc) is 2.29. The third-order valence-electron chi connectivity index (χ3n) is 2.50. The standard InChI is InChI=1S/C13H17ClOS/c1-3-10(2)8-16-9-13(15)11-4-6-12(14)7-5-11/h4-7,10H,3,8-9H2,1-2H3. The molecule has 0 aliphatic rings. The maximum atomic E-state index is 11.8. The average molecular weight is 257 g/mol. The zero-order valence-corrected chi connectivity index (χ0v) is 11.3. The van der Waals surface area contributed by atoms with E-state index in [1.165, 1.54) is 6.42 Å². The molecule has 1 unspecified atom stereocenters. The third kappa shape index (κ3) is 4.58. The summed E-state index contributed by atoms with van der Waals surface area (Å²) in [5, 5.41) is 0.670. The molecule has 1 aromatic rings. The molecule has 0 aromatic heterocycles. The molecule has 0 heterocycles. The highest BCUT2D eigenvalue weighted by atomic mass is 35.5. The molecule has 1 rings (SSSR count). The summed E-state index contributed by atoms with van der Waals surface area (Å²) in [5.74, 6) is 2.48. The summed E-state index contributed by atoms with van der Waals surface area (Å²) in [6.07, 6.45) is 1.17. The predicted octanol–water partition coefficient (Wildman–Crippen LogP) is 4.30. The molecule has 0 aliphatic carbocycles. The molecule has 1 atom stereocenters. The summed E-state index contributed by atoms with van der Waals surface area (Å²) < 4.78 is 0. The summed E-state index contributed by atoms with van der Waals surface area (Å²) in [5.41, 5.74) is 0.751. The Kier molecular flexibility index (Phi) is 5.93. The fourth-order valence-corrected chi connectivity index (χ4v) is 2.42. The summed E-state index contributed by atoms with van der Waals surface area (Å²) in [4.78, 5) is 11.8. The monoisotopic (exact) mass is 256 g/mol. The first-order chi connectivity index (χ1) is 7.63. The Morgan fingerprint density at radius 2 is 2.00 bits per heavy atom. The van der Waals surface area contributed by atoms with Crippen LogP contribution in [0.15, 0.2) is 24.3 Å². The number of hydrogen-bond acceptors (Lipinski definition) is 2. The number of carbonyl (C=O) groups is 1. The lowest BCUT2D eigenvalue weighted by atomic mass is 10.1. The molecule has 16 heavy (non-hydrogen) atoms. The van der Waals surface area contributed by atoms with E-state index in [1.54, 1.807) is 36.0 Å². The molecule has 0 saturated carbocycles. The SMILES string of the molecule is CCC(C)CSCC(=O)c1ccc(Cl)cc1. The van der Waals surface area contributed by atoms with E-state index in [-0.39, 0.29) is 5.78 Å². The van der Waals surface area contributed by atoms with Gasteiger partial charge in [-0.25, -0.2) is 0 Å². The first-order valence-electron chi connectivity index (χ1n) is 5.50. The van der Waals surface area contributed by atoms with E-state index in [0.717, 1.165) is 11.3 Å². The van der Waals surface area contributed by atoms with Gasteiger partial charge < -0.3 is 0 Å². The van der Waals surface area contributed by atoms with Gasteiger partial charge in [-0.2, -0.15) is 11.8 Å². The molecular weight excluding hydrogens is 240 g/mol. The van der Waals surface area contributed by atoms with Crippen molar-refractivity contribution in [1.29, 1.82) is 0 Å². The van der Waals surface area contributed by atoms with Crippen molar-refractivity contribution in [3.63, 3.8) is 0 Å². The molecule has 0 spiro atoms. The highest BCUT2D eigenvalue weighted by molar-refractivity contribution is 7.99. The fourth-order valence-electron chi connectivity index (χ4n) is 1.19. The number of carbonyl (C=O) groups excluding carboxylic acids is 1. The molecule has 0 N–H and O–H groups in total. The van der Waals surface area contributed by atoms with Crippen molar-refractivity contribution in [3.8, 4) is 0 Å². The maximum Gasteiger partial charge on any atom is 0.172 e. The highest BCUT2D eigenvalue weighted by Crippen LogP contribution is 2.15. The largest absolute Gasteiger partial charge is 0.293 e. The van der Waals surface area contributed by atoms with Gasteiger partial charge in [0.2, 0.25) is 0 Å². The summed E-state index contributed by atoms with van der Waals surface area (Å²) in [6.45, 7) is 4.38. The normalized spacial score (nSPS) is 12.4. The van der Waals surface area contributed by atoms with Gasteiger partial charge in [-0.1, -0.05) is 31.9 Å². The smallest absolute Gasteiger partial charge is 0.172 e. The van der Waals surface area contributed by atoms with E-state index in [4.69, 9.17) is 11.6 Å². The quantitative estimate of drug-likeness (QED) is 0.706. The van der Waals surface area contributed by atoms with Crippen molar-refractivity contribution in [2.75, 3.05) is 11.5 Å². The van der Waals surface area contributed by atoms with Gasteiger partial charge in [0.25, 0.3) is 0 Å². The van der Waals surface area contributed by atoms with Gasteiger partial charge >= 0.3 is 0 Å². The van der Waals surface area contributed by atoms with Crippen LogP contribution in [0.25, 0.3) is 0 Å². The number of benzene rings is 1. The Balaban J connectivity index is 2.38. The maximum absolute atomic E-state index is 11.8. The number of thioether (sulfide) groups is 1. The Hall–Kier alpha value is -0.470. The number of hydrogen-bond donors (Lipinski definition) is 0. The topological polar surface area (TPSA) is 17.1 Å². The fraction of sp³-hybridized carbons (Fsp3) is 0.462. The molecule has 0 aliphatic heterocycles. The van der Waals surface area contributed by atoms with Crippen LogP contribution in [0.4, 0.5) is 0 Å². The molecule has 0 bridgehead atoms. The van der Waals surface area contributed by atoms with Crippen LogP contribution < -0.4 is 0 Å². The second kappa shape index (κ2) is 6.97. The molecule has 1 nitrogen and oxygen atoms in total. The van der Waals surface area contributed by atoms with E-state index in [9.17, 15) is 4.79 Å². The Bertz CT molecular complexity index is 334. The number of rotatable bonds is 6. The van der Waals surface area contributed by atoms with Gasteiger partial charge in [0.1, 0.15) is 0 Å². The van der Waals surface area contributed by atoms with Crippen LogP contribution in [-0.2, 0) is 0 Å². The second-order valence-electron chi connectivity index (χ2n) is 3.96. The van der Waals surface area contributed by atoms with E-state index in [0.29, 0.717) is 16.7 Å². The van der Waals surface area contributed by atoms with Gasteiger partial charge in [0.05, 0.1) is 5.75 Å². The molecule has 0 saturated heterocycles. The third-order valence-corrected chi connectivity index (χ3v) is 4.02. The lowest BCUT2D eigenvalue weighted by Crippen LogP contribution is -2.05. The van der Waals surface area contributed by atoms with Crippen LogP contribution in [-0.4, -0.2) is 17.3 Å². The van der Waals surface area contributed by atoms with Crippen LogP contribution in [0.5, 0.6) is 0 Å². The summed E-state index contributed by atoms with van der Waals surface area (Å²) >= 11 is 7.48. The molecule has 0 radical (unpaired) electrons. The molecule has 0 fully saturated rings. The van der Waals surface area contributed by atoms with E-state index < -0.39 is 0 Å². The van der Waals surface area contributed by atoms with Crippen LogP contribution in [0.3, 0.4) is 0 Å². The zero-order valence-electron chi connectivity index (χ0n) is 9.70. The van der Waals surface area contributed by atoms with Gasteiger partial charge in [-0.3, -0.25) is 4.79 Å². The highest BCUT2D eigenvalue weighted by Gasteiger charge is 2.06. The minimum Gasteiger partial charge on any atom is -0.293 e. The minimum atomic E-state index is 0.185. The van der Waals surface area contributed by atoms with Crippen LogP contribution >= 0.6 is 23.4 Å². The summed E-state index contributed by atoms with van der Waals surface area (Å²) in [6, 6.07) is 7.09. The predicted molar refractivity (Wildman–Crippen MR) is 72.6 cm³/mol. The van der Waals surface area contributed by atoms with Gasteiger partial charge in [-0.05, 0) is 35.9 Å². The Morgan fingerprint density at radius 3 is 2.56 bits per heavy atom. The van der Waals surface area contributed by atoms with Crippen molar-refractivity contribution in [2.45, 2.75) is 20.3 Å². The van der Waals surface area contributed by atoms with Gasteiger partial charge in [-0.15, -0.1) is 0 Å². The first kappa shape index (κ1) is 13.6. The minimum absolute atomic E-state index is 0.185. The van der Waals surface area contributed by atoms with E-state index in [2.05, 4.69) is 13.8 Å². The Morgan fingerprint density at radius 1 is 1.38 bits per heavy atom. The van der Waals surface area contributed by atoms with Crippen LogP contribution in [0.2, 0.25) is 5.02 Å². The van der Waals surface area contributed by atoms with Crippen molar-refractivity contribution in [2.24, 2.45) is 5.92 Å². The van der Waals surface area contributed by atoms with Crippen molar-refractivity contribution < 1.29 is 4.79 Å². The van der Waals surface area contributed by atoms with Crippen LogP contribution in [0, 0.1) is 5.92 Å². The molecule has 88 valence electrons. The zero-order chi connectivity index (χ0) is 12.0. The molecule has 1 aromatic carbocycles. The van der Waals surface area contributed by atoms with Crippen LogP contribution in [0.1, 0.15) is 30.6 Å². The van der Waals surface area contributed by atoms with Gasteiger partial charge in [0.15, 0.2) is 5.78 Å². The van der Waals surface area contributed by atoms with Crippen molar-refractivity contribution >= 4 is 29.1 Å². The van der Waals surface area contributed by atoms with E-state index >= 15 is 0 Å². The summed E-state index contributed by atoms with van der Waals surface area (Å²) in [7, 11) is 0. The first-order valence-corrected chi connectivity index (χ1v) is 7.03. The number of halogens is 1. The number of Topliss-reactive ketones (excluding diaryl/α,β-unsaturated/α-hetero) is 1. The lowest BCUT2D eigenvalue weighted by Gasteiger charge is -2.07. The Labute approximate surface area is 107 Å². The van der Waals surface area contributed by atoms with Crippen molar-refractivity contribution in [3.05, 3.63) is 34.9 Å². The lowest BCUT2D eigenvalue weighted by molar-refractivity contribution is 0.102. The second-order valence-corrected chi connectivity index (χ2v) is 5.43. The van der Waals surface area contributed by atoms with E-state index in [1.807, 2.05) is 0 Å². The van der Waals surface area contributed by atoms with Gasteiger partial charge in [0, 0.05) is 10.6 Å².